The molecule has 3 N–H and O–H groups in total. The second kappa shape index (κ2) is 12.2. The Morgan fingerprint density at radius 2 is 2.00 bits per heavy atom. The van der Waals surface area contributed by atoms with Gasteiger partial charge in [-0.15, -0.1) is 0 Å². The third-order valence-corrected chi connectivity index (χ3v) is 5.61. The number of piperazine rings is 1. The maximum atomic E-state index is 10.8. The standard InChI is InChI=1S/C14H22N4O.C7H15NS/c1-17(2)14-9-11(3-4-13(14)15)18-7-6-16-10-12(18)5-8-19;9-7-6-8-4-2-1-3-5-8/h3-4,8-9,12,16H,5-7,10,15H2,1-2H3;9H,1-7H2. The van der Waals surface area contributed by atoms with Crippen molar-refractivity contribution >= 4 is 36.0 Å². The Bertz CT molecular complexity index is 589. The summed E-state index contributed by atoms with van der Waals surface area (Å²) in [6, 6.07) is 6.29. The van der Waals surface area contributed by atoms with Gasteiger partial charge in [0, 0.05) is 64.2 Å². The van der Waals surface area contributed by atoms with E-state index >= 15 is 0 Å². The summed E-state index contributed by atoms with van der Waals surface area (Å²) in [5.74, 6) is 1.01. The lowest BCUT2D eigenvalue weighted by Gasteiger charge is -2.37. The molecule has 1 unspecified atom stereocenters. The Labute approximate surface area is 175 Å². The molecule has 2 aliphatic rings. The van der Waals surface area contributed by atoms with Gasteiger partial charge in [0.1, 0.15) is 6.29 Å². The van der Waals surface area contributed by atoms with Crippen LogP contribution in [-0.2, 0) is 4.79 Å². The number of piperidine rings is 1. The van der Waals surface area contributed by atoms with Crippen LogP contribution in [0.1, 0.15) is 25.7 Å². The predicted molar refractivity (Wildman–Crippen MR) is 124 cm³/mol. The quantitative estimate of drug-likeness (QED) is 0.381. The van der Waals surface area contributed by atoms with Crippen LogP contribution in [0.3, 0.4) is 0 Å². The molecule has 2 fully saturated rings. The molecule has 3 rings (SSSR count). The zero-order valence-electron chi connectivity index (χ0n) is 17.4. The molecule has 0 radical (unpaired) electrons. The van der Waals surface area contributed by atoms with Gasteiger partial charge in [-0.3, -0.25) is 0 Å². The monoisotopic (exact) mass is 407 g/mol. The topological polar surface area (TPSA) is 64.8 Å². The van der Waals surface area contributed by atoms with Gasteiger partial charge in [0.2, 0.25) is 0 Å². The minimum atomic E-state index is 0.227. The third-order valence-electron chi connectivity index (χ3n) is 5.41. The molecule has 7 heteroatoms. The van der Waals surface area contributed by atoms with Crippen molar-refractivity contribution in [2.45, 2.75) is 31.7 Å². The number of likely N-dealkylation sites (tertiary alicyclic amines) is 1. The molecular formula is C21H37N5OS. The van der Waals surface area contributed by atoms with E-state index in [0.29, 0.717) is 6.42 Å². The molecule has 0 amide bonds. The number of carbonyl (C=O) groups is 1. The zero-order chi connectivity index (χ0) is 20.4. The fourth-order valence-corrected chi connectivity index (χ4v) is 4.13. The number of carbonyl (C=O) groups excluding carboxylic acids is 1. The van der Waals surface area contributed by atoms with Crippen LogP contribution in [-0.4, -0.2) is 76.3 Å². The summed E-state index contributed by atoms with van der Waals surface area (Å²) in [5.41, 5.74) is 8.90. The van der Waals surface area contributed by atoms with Crippen molar-refractivity contribution in [3.63, 3.8) is 0 Å². The van der Waals surface area contributed by atoms with Crippen LogP contribution >= 0.6 is 12.6 Å². The number of nitrogens with zero attached hydrogens (tertiary/aromatic N) is 3. The van der Waals surface area contributed by atoms with E-state index in [0.717, 1.165) is 48.7 Å². The average Bonchev–Trinajstić information content (AvgIpc) is 2.71. The zero-order valence-corrected chi connectivity index (χ0v) is 18.3. The molecule has 0 aromatic heterocycles. The van der Waals surface area contributed by atoms with Crippen LogP contribution < -0.4 is 20.9 Å². The van der Waals surface area contributed by atoms with Gasteiger partial charge in [-0.2, -0.15) is 12.6 Å². The molecule has 6 nitrogen and oxygen atoms in total. The summed E-state index contributed by atoms with van der Waals surface area (Å²) in [6.07, 6.45) is 5.77. The normalized spacial score (nSPS) is 20.2. The summed E-state index contributed by atoms with van der Waals surface area (Å²) >= 11 is 4.19. The van der Waals surface area contributed by atoms with Crippen molar-refractivity contribution < 1.29 is 4.79 Å². The molecule has 2 saturated heterocycles. The molecule has 1 aromatic carbocycles. The number of nitrogen functional groups attached to an aromatic ring is 1. The van der Waals surface area contributed by atoms with E-state index in [1.807, 2.05) is 31.1 Å². The highest BCUT2D eigenvalue weighted by Gasteiger charge is 2.22. The van der Waals surface area contributed by atoms with Gasteiger partial charge in [0.05, 0.1) is 11.4 Å². The van der Waals surface area contributed by atoms with Crippen LogP contribution in [0.4, 0.5) is 17.1 Å². The molecular weight excluding hydrogens is 370 g/mol. The van der Waals surface area contributed by atoms with Crippen molar-refractivity contribution in [2.24, 2.45) is 0 Å². The van der Waals surface area contributed by atoms with Crippen LogP contribution in [0.25, 0.3) is 0 Å². The lowest BCUT2D eigenvalue weighted by atomic mass is 10.1. The molecule has 158 valence electrons. The van der Waals surface area contributed by atoms with Gasteiger partial charge in [0.15, 0.2) is 0 Å². The lowest BCUT2D eigenvalue weighted by Crippen LogP contribution is -2.51. The maximum Gasteiger partial charge on any atom is 0.122 e. The van der Waals surface area contributed by atoms with Crippen LogP contribution in [0, 0.1) is 0 Å². The first-order valence-electron chi connectivity index (χ1n) is 10.4. The van der Waals surface area contributed by atoms with E-state index < -0.39 is 0 Å². The van der Waals surface area contributed by atoms with E-state index in [-0.39, 0.29) is 6.04 Å². The summed E-state index contributed by atoms with van der Waals surface area (Å²) in [6.45, 7) is 6.50. The number of hydrogen-bond acceptors (Lipinski definition) is 7. The van der Waals surface area contributed by atoms with Crippen molar-refractivity contribution in [3.8, 4) is 0 Å². The first kappa shape index (κ1) is 22.8. The number of aldehydes is 1. The SMILES string of the molecule is CN(C)c1cc(N2CCNCC2CC=O)ccc1N.SCCN1CCCCC1. The van der Waals surface area contributed by atoms with Crippen molar-refractivity contribution in [1.82, 2.24) is 10.2 Å². The highest BCUT2D eigenvalue weighted by atomic mass is 32.1. The number of nitrogens with one attached hydrogen (secondary N) is 1. The van der Waals surface area contributed by atoms with Crippen molar-refractivity contribution in [2.75, 3.05) is 74.7 Å². The Morgan fingerprint density at radius 1 is 1.25 bits per heavy atom. The molecule has 0 bridgehead atoms. The van der Waals surface area contributed by atoms with Gasteiger partial charge in [-0.1, -0.05) is 6.42 Å². The molecule has 2 heterocycles. The minimum Gasteiger partial charge on any atom is -0.397 e. The molecule has 28 heavy (non-hydrogen) atoms. The Balaban J connectivity index is 0.000000261. The predicted octanol–water partition coefficient (Wildman–Crippen LogP) is 2.10. The van der Waals surface area contributed by atoms with E-state index in [9.17, 15) is 4.79 Å². The summed E-state index contributed by atoms with van der Waals surface area (Å²) in [5, 5.41) is 3.33. The van der Waals surface area contributed by atoms with Gasteiger partial charge < -0.3 is 30.5 Å². The van der Waals surface area contributed by atoms with Crippen LogP contribution in [0.5, 0.6) is 0 Å². The number of rotatable bonds is 6. The maximum absolute atomic E-state index is 10.8. The van der Waals surface area contributed by atoms with E-state index in [4.69, 9.17) is 5.73 Å². The summed E-state index contributed by atoms with van der Waals surface area (Å²) < 4.78 is 0. The smallest absolute Gasteiger partial charge is 0.122 e. The second-order valence-electron chi connectivity index (χ2n) is 7.72. The van der Waals surface area contributed by atoms with E-state index in [1.54, 1.807) is 0 Å². The third kappa shape index (κ3) is 6.87. The molecule has 2 aliphatic heterocycles. The summed E-state index contributed by atoms with van der Waals surface area (Å²) in [7, 11) is 3.96. The van der Waals surface area contributed by atoms with Crippen LogP contribution in [0.2, 0.25) is 0 Å². The Hall–Kier alpha value is -1.44. The number of benzene rings is 1. The van der Waals surface area contributed by atoms with Gasteiger partial charge >= 0.3 is 0 Å². The largest absolute Gasteiger partial charge is 0.397 e. The Kier molecular flexibility index (Phi) is 9.95. The molecule has 1 atom stereocenters. The van der Waals surface area contributed by atoms with Gasteiger partial charge in [-0.25, -0.2) is 0 Å². The number of nitrogens with two attached hydrogens (primary N) is 1. The Morgan fingerprint density at radius 3 is 2.64 bits per heavy atom. The summed E-state index contributed by atoms with van der Waals surface area (Å²) in [4.78, 5) is 17.6. The molecule has 0 saturated carbocycles. The highest BCUT2D eigenvalue weighted by Crippen LogP contribution is 2.29. The average molecular weight is 408 g/mol. The fraction of sp³-hybridized carbons (Fsp3) is 0.667. The number of anilines is 3. The van der Waals surface area contributed by atoms with Gasteiger partial charge in [-0.05, 0) is 44.1 Å². The lowest BCUT2D eigenvalue weighted by molar-refractivity contribution is -0.108. The van der Waals surface area contributed by atoms with E-state index in [2.05, 4.69) is 33.8 Å². The minimum absolute atomic E-state index is 0.227. The van der Waals surface area contributed by atoms with E-state index in [1.165, 1.54) is 38.9 Å². The molecule has 0 spiro atoms. The van der Waals surface area contributed by atoms with Gasteiger partial charge in [0.25, 0.3) is 0 Å². The van der Waals surface area contributed by atoms with Crippen molar-refractivity contribution in [1.29, 1.82) is 0 Å². The highest BCUT2D eigenvalue weighted by molar-refractivity contribution is 7.80. The molecule has 0 aliphatic carbocycles. The number of thiol groups is 1. The number of hydrogen-bond donors (Lipinski definition) is 3. The first-order valence-corrected chi connectivity index (χ1v) is 11.0. The first-order chi connectivity index (χ1) is 13.6. The molecule has 1 aromatic rings. The van der Waals surface area contributed by atoms with Crippen molar-refractivity contribution in [3.05, 3.63) is 18.2 Å². The van der Waals surface area contributed by atoms with Crippen LogP contribution in [0.15, 0.2) is 18.2 Å². The fourth-order valence-electron chi connectivity index (χ4n) is 3.84. The second-order valence-corrected chi connectivity index (χ2v) is 8.16.